The third-order valence-electron chi connectivity index (χ3n) is 4.88. The minimum Gasteiger partial charge on any atom is -0.355 e. The number of hydrogen-bond donors (Lipinski definition) is 1. The van der Waals surface area contributed by atoms with E-state index >= 15 is 0 Å². The fraction of sp³-hybridized carbons (Fsp3) is 0.389. The van der Waals surface area contributed by atoms with Gasteiger partial charge in [0.15, 0.2) is 5.82 Å². The molecule has 130 valence electrons. The maximum atomic E-state index is 13.8. The van der Waals surface area contributed by atoms with E-state index in [1.807, 2.05) is 37.1 Å². The molecule has 1 aliphatic rings. The van der Waals surface area contributed by atoms with Crippen LogP contribution in [-0.2, 0) is 25.3 Å². The molecule has 6 nitrogen and oxygen atoms in total. The molecule has 2 heterocycles. The van der Waals surface area contributed by atoms with Gasteiger partial charge in [-0.25, -0.2) is 9.37 Å². The Morgan fingerprint density at radius 1 is 1.40 bits per heavy atom. The molecule has 7 heteroatoms. The summed E-state index contributed by atoms with van der Waals surface area (Å²) in [7, 11) is 3.74. The molecule has 1 fully saturated rings. The van der Waals surface area contributed by atoms with Crippen LogP contribution in [0.5, 0.6) is 0 Å². The van der Waals surface area contributed by atoms with Gasteiger partial charge in [0.1, 0.15) is 11.3 Å². The summed E-state index contributed by atoms with van der Waals surface area (Å²) < 4.78 is 17.4. The lowest BCUT2D eigenvalue weighted by molar-refractivity contribution is -0.122. The monoisotopic (exact) mass is 341 g/mol. The zero-order chi connectivity index (χ0) is 17.6. The second-order valence-corrected chi connectivity index (χ2v) is 6.63. The van der Waals surface area contributed by atoms with E-state index in [9.17, 15) is 9.18 Å². The lowest BCUT2D eigenvalue weighted by atomic mass is 10.2. The van der Waals surface area contributed by atoms with Crippen molar-refractivity contribution in [3.63, 3.8) is 0 Å². The zero-order valence-corrected chi connectivity index (χ0v) is 14.2. The van der Waals surface area contributed by atoms with Crippen molar-refractivity contribution >= 4 is 16.9 Å². The summed E-state index contributed by atoms with van der Waals surface area (Å²) >= 11 is 0. The van der Waals surface area contributed by atoms with Crippen LogP contribution in [0.25, 0.3) is 11.0 Å². The maximum Gasteiger partial charge on any atom is 0.223 e. The Morgan fingerprint density at radius 2 is 2.24 bits per heavy atom. The van der Waals surface area contributed by atoms with E-state index in [2.05, 4.69) is 15.4 Å². The van der Waals surface area contributed by atoms with E-state index in [1.54, 1.807) is 10.7 Å². The Labute approximate surface area is 144 Å². The first-order valence-electron chi connectivity index (χ1n) is 8.40. The molecule has 0 radical (unpaired) electrons. The van der Waals surface area contributed by atoms with E-state index in [0.717, 1.165) is 23.3 Å². The van der Waals surface area contributed by atoms with Crippen LogP contribution in [0.3, 0.4) is 0 Å². The molecule has 25 heavy (non-hydrogen) atoms. The van der Waals surface area contributed by atoms with Crippen molar-refractivity contribution < 1.29 is 9.18 Å². The quantitative estimate of drug-likeness (QED) is 0.771. The molecular formula is C18H20FN5O. The molecule has 0 aliphatic heterocycles. The average molecular weight is 341 g/mol. The first-order chi connectivity index (χ1) is 12.0. The second-order valence-electron chi connectivity index (χ2n) is 6.63. The number of nitrogens with one attached hydrogen (secondary N) is 1. The number of aryl methyl sites for hydroxylation is 2. The van der Waals surface area contributed by atoms with Crippen molar-refractivity contribution in [2.45, 2.75) is 18.8 Å². The molecule has 2 atom stereocenters. The highest BCUT2D eigenvalue weighted by atomic mass is 19.1. The predicted molar refractivity (Wildman–Crippen MR) is 91.4 cm³/mol. The molecule has 1 amide bonds. The molecule has 2 aromatic heterocycles. The van der Waals surface area contributed by atoms with Crippen LogP contribution in [0.1, 0.15) is 23.7 Å². The van der Waals surface area contributed by atoms with Gasteiger partial charge in [-0.1, -0.05) is 6.07 Å². The van der Waals surface area contributed by atoms with E-state index in [4.69, 9.17) is 0 Å². The number of hydrogen-bond acceptors (Lipinski definition) is 3. The van der Waals surface area contributed by atoms with Gasteiger partial charge < -0.3 is 9.88 Å². The van der Waals surface area contributed by atoms with Crippen molar-refractivity contribution in [3.8, 4) is 0 Å². The van der Waals surface area contributed by atoms with Crippen LogP contribution in [0.2, 0.25) is 0 Å². The van der Waals surface area contributed by atoms with Gasteiger partial charge in [0, 0.05) is 39.2 Å². The van der Waals surface area contributed by atoms with Gasteiger partial charge >= 0.3 is 0 Å². The molecule has 0 saturated heterocycles. The number of halogens is 1. The minimum atomic E-state index is -0.319. The normalized spacial score (nSPS) is 19.3. The van der Waals surface area contributed by atoms with Crippen LogP contribution in [0, 0.1) is 11.7 Å². The van der Waals surface area contributed by atoms with Crippen LogP contribution in [-0.4, -0.2) is 31.8 Å². The van der Waals surface area contributed by atoms with Crippen molar-refractivity contribution in [3.05, 3.63) is 47.8 Å². The van der Waals surface area contributed by atoms with E-state index in [1.165, 1.54) is 6.07 Å². The molecule has 1 saturated carbocycles. The SMILES string of the molecule is Cn1cc([C@@H]2C[C@@H]2C(=O)NCCc2nc3c(F)cccc3n2C)cn1. The van der Waals surface area contributed by atoms with Gasteiger partial charge in [-0.15, -0.1) is 0 Å². The zero-order valence-electron chi connectivity index (χ0n) is 14.2. The van der Waals surface area contributed by atoms with Crippen LogP contribution < -0.4 is 5.32 Å². The highest BCUT2D eigenvalue weighted by Gasteiger charge is 2.44. The summed E-state index contributed by atoms with van der Waals surface area (Å²) in [6.45, 7) is 0.494. The van der Waals surface area contributed by atoms with Gasteiger partial charge in [0.05, 0.1) is 11.7 Å². The van der Waals surface area contributed by atoms with Gasteiger partial charge in [0.25, 0.3) is 0 Å². The molecule has 0 bridgehead atoms. The number of rotatable bonds is 5. The van der Waals surface area contributed by atoms with Gasteiger partial charge in [-0.05, 0) is 30.0 Å². The molecule has 3 aromatic rings. The Hall–Kier alpha value is -2.70. The van der Waals surface area contributed by atoms with Crippen molar-refractivity contribution in [1.82, 2.24) is 24.6 Å². The molecule has 4 rings (SSSR count). The number of fused-ring (bicyclic) bond motifs is 1. The van der Waals surface area contributed by atoms with Crippen LogP contribution >= 0.6 is 0 Å². The average Bonchev–Trinajstić information content (AvgIpc) is 3.18. The third-order valence-corrected chi connectivity index (χ3v) is 4.88. The maximum absolute atomic E-state index is 13.8. The van der Waals surface area contributed by atoms with Gasteiger partial charge in [-0.2, -0.15) is 5.10 Å². The summed E-state index contributed by atoms with van der Waals surface area (Å²) in [5.74, 6) is 0.820. The summed E-state index contributed by atoms with van der Waals surface area (Å²) in [5.41, 5.74) is 2.26. The number of carbonyl (C=O) groups excluding carboxylic acids is 1. The van der Waals surface area contributed by atoms with E-state index < -0.39 is 0 Å². The van der Waals surface area contributed by atoms with E-state index in [0.29, 0.717) is 18.5 Å². The summed E-state index contributed by atoms with van der Waals surface area (Å²) in [6.07, 6.45) is 5.23. The molecule has 0 spiro atoms. The standard InChI is InChI=1S/C18H20FN5O/c1-23-10-11(9-21-23)12-8-13(12)18(25)20-7-6-16-22-17-14(19)4-3-5-15(17)24(16)2/h3-5,9-10,12-13H,6-8H2,1-2H3,(H,20,25)/t12-,13-/m0/s1. The Balaban J connectivity index is 1.35. The largest absolute Gasteiger partial charge is 0.355 e. The minimum absolute atomic E-state index is 0.0297. The number of para-hydroxylation sites is 1. The smallest absolute Gasteiger partial charge is 0.223 e. The lowest BCUT2D eigenvalue weighted by Crippen LogP contribution is -2.28. The van der Waals surface area contributed by atoms with Gasteiger partial charge in [-0.3, -0.25) is 9.48 Å². The lowest BCUT2D eigenvalue weighted by Gasteiger charge is -2.05. The fourth-order valence-electron chi connectivity index (χ4n) is 3.37. The van der Waals surface area contributed by atoms with Crippen LogP contribution in [0.15, 0.2) is 30.6 Å². The summed E-state index contributed by atoms with van der Waals surface area (Å²) in [5, 5.41) is 7.13. The van der Waals surface area contributed by atoms with Crippen molar-refractivity contribution in [1.29, 1.82) is 0 Å². The number of nitrogens with zero attached hydrogens (tertiary/aromatic N) is 4. The molecular weight excluding hydrogens is 321 g/mol. The fourth-order valence-corrected chi connectivity index (χ4v) is 3.37. The molecule has 1 aliphatic carbocycles. The Morgan fingerprint density at radius 3 is 2.96 bits per heavy atom. The summed E-state index contributed by atoms with van der Waals surface area (Å²) in [6, 6.07) is 4.93. The Bertz CT molecular complexity index is 944. The van der Waals surface area contributed by atoms with Crippen LogP contribution in [0.4, 0.5) is 4.39 Å². The number of benzene rings is 1. The number of aromatic nitrogens is 4. The molecule has 1 N–H and O–H groups in total. The number of imidazole rings is 1. The predicted octanol–water partition coefficient (Wildman–Crippen LogP) is 1.91. The van der Waals surface area contributed by atoms with Crippen molar-refractivity contribution in [2.75, 3.05) is 6.54 Å². The highest BCUT2D eigenvalue weighted by Crippen LogP contribution is 2.47. The number of amides is 1. The first kappa shape index (κ1) is 15.8. The van der Waals surface area contributed by atoms with Crippen molar-refractivity contribution in [2.24, 2.45) is 20.0 Å². The van der Waals surface area contributed by atoms with Gasteiger partial charge in [0.2, 0.25) is 5.91 Å². The number of carbonyl (C=O) groups is 1. The third kappa shape index (κ3) is 2.90. The molecule has 0 unspecified atom stereocenters. The topological polar surface area (TPSA) is 64.7 Å². The second kappa shape index (κ2) is 5.98. The summed E-state index contributed by atoms with van der Waals surface area (Å²) in [4.78, 5) is 16.6. The molecule has 1 aromatic carbocycles. The first-order valence-corrected chi connectivity index (χ1v) is 8.40. The highest BCUT2D eigenvalue weighted by molar-refractivity contribution is 5.82. The Kier molecular flexibility index (Phi) is 3.78. The van der Waals surface area contributed by atoms with E-state index in [-0.39, 0.29) is 23.6 Å².